The van der Waals surface area contributed by atoms with E-state index in [0.717, 1.165) is 11.3 Å². The molecule has 0 bridgehead atoms. The summed E-state index contributed by atoms with van der Waals surface area (Å²) in [6.45, 7) is 2.22. The highest BCUT2D eigenvalue weighted by molar-refractivity contribution is 5.89. The van der Waals surface area contributed by atoms with E-state index in [0.29, 0.717) is 18.1 Å². The zero-order chi connectivity index (χ0) is 17.8. The molecule has 0 unspecified atom stereocenters. The zero-order valence-corrected chi connectivity index (χ0v) is 14.2. The number of urea groups is 1. The van der Waals surface area contributed by atoms with Crippen LogP contribution in [0.3, 0.4) is 0 Å². The van der Waals surface area contributed by atoms with Crippen molar-refractivity contribution in [2.24, 2.45) is 7.05 Å². The van der Waals surface area contributed by atoms with Crippen LogP contribution >= 0.6 is 0 Å². The Labute approximate surface area is 145 Å². The number of carbonyl (C=O) groups is 1. The number of para-hydroxylation sites is 1. The number of aromatic nitrogens is 2. The summed E-state index contributed by atoms with van der Waals surface area (Å²) >= 11 is 0. The lowest BCUT2D eigenvalue weighted by Gasteiger charge is -2.09. The smallest absolute Gasteiger partial charge is 0.334 e. The number of nitrogens with one attached hydrogen (secondary N) is 2. The molecule has 2 amide bonds. The molecule has 0 fully saturated rings. The molecular weight excluding hydrogens is 316 g/mol. The average Bonchev–Trinajstić information content (AvgIpc) is 2.85. The largest absolute Gasteiger partial charge is 0.334 e. The third-order valence-corrected chi connectivity index (χ3v) is 4.03. The lowest BCUT2D eigenvalue weighted by molar-refractivity contribution is 0.251. The first-order valence-electron chi connectivity index (χ1n) is 8.00. The van der Waals surface area contributed by atoms with Crippen LogP contribution in [0.15, 0.2) is 65.5 Å². The standard InChI is InChI=1S/C19H20N4O2/c1-14-17(21-18(24)20-13-15-9-5-3-6-10-15)22(2)19(25)23(14)16-11-7-4-8-12-16/h3-12H,13H2,1-2H3,(H2,20,21,24). The predicted molar refractivity (Wildman–Crippen MR) is 98.0 cm³/mol. The van der Waals surface area contributed by atoms with Crippen LogP contribution in [0.5, 0.6) is 0 Å². The second-order valence-corrected chi connectivity index (χ2v) is 5.74. The van der Waals surface area contributed by atoms with Gasteiger partial charge in [0.25, 0.3) is 0 Å². The van der Waals surface area contributed by atoms with Crippen molar-refractivity contribution in [3.05, 3.63) is 82.4 Å². The molecule has 6 heteroatoms. The van der Waals surface area contributed by atoms with Crippen molar-refractivity contribution in [1.82, 2.24) is 14.5 Å². The van der Waals surface area contributed by atoms with Crippen LogP contribution < -0.4 is 16.3 Å². The fraction of sp³-hybridized carbons (Fsp3) is 0.158. The van der Waals surface area contributed by atoms with E-state index in [-0.39, 0.29) is 11.7 Å². The number of nitrogens with zero attached hydrogens (tertiary/aromatic N) is 2. The number of hydrogen-bond donors (Lipinski definition) is 2. The summed E-state index contributed by atoms with van der Waals surface area (Å²) in [6, 6.07) is 18.6. The van der Waals surface area contributed by atoms with Crippen LogP contribution in [0.1, 0.15) is 11.3 Å². The van der Waals surface area contributed by atoms with Crippen LogP contribution in [-0.4, -0.2) is 15.2 Å². The van der Waals surface area contributed by atoms with Gasteiger partial charge < -0.3 is 5.32 Å². The van der Waals surface area contributed by atoms with Crippen LogP contribution in [0.2, 0.25) is 0 Å². The van der Waals surface area contributed by atoms with Gasteiger partial charge in [-0.15, -0.1) is 0 Å². The van der Waals surface area contributed by atoms with E-state index >= 15 is 0 Å². The summed E-state index contributed by atoms with van der Waals surface area (Å²) < 4.78 is 3.01. The fourth-order valence-electron chi connectivity index (χ4n) is 2.72. The predicted octanol–water partition coefficient (Wildman–Crippen LogP) is 2.81. The van der Waals surface area contributed by atoms with Gasteiger partial charge in [-0.2, -0.15) is 0 Å². The molecule has 0 aliphatic rings. The van der Waals surface area contributed by atoms with Gasteiger partial charge in [-0.1, -0.05) is 48.5 Å². The Hall–Kier alpha value is -3.28. The Morgan fingerprint density at radius 2 is 1.60 bits per heavy atom. The van der Waals surface area contributed by atoms with E-state index in [9.17, 15) is 9.59 Å². The SMILES string of the molecule is Cc1c(NC(=O)NCc2ccccc2)n(C)c(=O)n1-c1ccccc1. The van der Waals surface area contributed by atoms with Gasteiger partial charge in [0.1, 0.15) is 5.82 Å². The fourth-order valence-corrected chi connectivity index (χ4v) is 2.72. The number of benzene rings is 2. The molecule has 0 atom stereocenters. The van der Waals surface area contributed by atoms with Crippen LogP contribution in [0.4, 0.5) is 10.6 Å². The van der Waals surface area contributed by atoms with Gasteiger partial charge in [0.15, 0.2) is 0 Å². The maximum Gasteiger partial charge on any atom is 0.334 e. The van der Waals surface area contributed by atoms with Gasteiger partial charge in [-0.05, 0) is 24.6 Å². The number of imidazole rings is 1. The minimum absolute atomic E-state index is 0.206. The number of anilines is 1. The van der Waals surface area contributed by atoms with E-state index in [4.69, 9.17) is 0 Å². The van der Waals surface area contributed by atoms with Gasteiger partial charge >= 0.3 is 11.7 Å². The molecule has 2 aromatic carbocycles. The second kappa shape index (κ2) is 7.09. The van der Waals surface area contributed by atoms with E-state index in [1.165, 1.54) is 4.57 Å². The molecule has 6 nitrogen and oxygen atoms in total. The summed E-state index contributed by atoms with van der Waals surface area (Å²) in [7, 11) is 1.64. The van der Waals surface area contributed by atoms with Gasteiger partial charge in [-0.25, -0.2) is 9.59 Å². The lowest BCUT2D eigenvalue weighted by Crippen LogP contribution is -2.30. The first-order chi connectivity index (χ1) is 12.1. The van der Waals surface area contributed by atoms with Gasteiger partial charge in [0.05, 0.1) is 11.4 Å². The molecule has 1 aromatic heterocycles. The third kappa shape index (κ3) is 3.47. The maximum absolute atomic E-state index is 12.5. The van der Waals surface area contributed by atoms with E-state index < -0.39 is 0 Å². The topological polar surface area (TPSA) is 68.1 Å². The van der Waals surface area contributed by atoms with E-state index in [2.05, 4.69) is 10.6 Å². The first kappa shape index (κ1) is 16.6. The Balaban J connectivity index is 1.79. The van der Waals surface area contributed by atoms with Crippen molar-refractivity contribution in [2.45, 2.75) is 13.5 Å². The molecule has 0 aliphatic carbocycles. The molecular formula is C19H20N4O2. The molecule has 1 heterocycles. The number of hydrogen-bond acceptors (Lipinski definition) is 2. The molecule has 0 saturated heterocycles. The van der Waals surface area contributed by atoms with Crippen molar-refractivity contribution >= 4 is 11.8 Å². The Morgan fingerprint density at radius 1 is 1.00 bits per heavy atom. The molecule has 3 aromatic rings. The molecule has 2 N–H and O–H groups in total. The van der Waals surface area contributed by atoms with Crippen molar-refractivity contribution in [1.29, 1.82) is 0 Å². The van der Waals surface area contributed by atoms with E-state index in [1.807, 2.05) is 60.7 Å². The van der Waals surface area contributed by atoms with Crippen molar-refractivity contribution < 1.29 is 4.79 Å². The molecule has 0 saturated carbocycles. The van der Waals surface area contributed by atoms with Gasteiger partial charge in [-0.3, -0.25) is 14.5 Å². The average molecular weight is 336 g/mol. The monoisotopic (exact) mass is 336 g/mol. The van der Waals surface area contributed by atoms with Gasteiger partial charge in [0, 0.05) is 13.6 Å². The quantitative estimate of drug-likeness (QED) is 0.769. The zero-order valence-electron chi connectivity index (χ0n) is 14.2. The van der Waals surface area contributed by atoms with E-state index in [1.54, 1.807) is 18.5 Å². The summed E-state index contributed by atoms with van der Waals surface area (Å²) in [5, 5.41) is 5.57. The summed E-state index contributed by atoms with van der Waals surface area (Å²) in [5.74, 6) is 0.472. The normalized spacial score (nSPS) is 10.5. The molecule has 128 valence electrons. The summed E-state index contributed by atoms with van der Waals surface area (Å²) in [4.78, 5) is 24.7. The molecule has 3 rings (SSSR count). The molecule has 0 spiro atoms. The Bertz CT molecular complexity index is 927. The first-order valence-corrected chi connectivity index (χ1v) is 8.00. The van der Waals surface area contributed by atoms with Crippen molar-refractivity contribution in [2.75, 3.05) is 5.32 Å². The summed E-state index contributed by atoms with van der Waals surface area (Å²) in [5.41, 5.74) is 2.24. The van der Waals surface area contributed by atoms with Crippen LogP contribution in [0.25, 0.3) is 5.69 Å². The number of amides is 2. The lowest BCUT2D eigenvalue weighted by atomic mass is 10.2. The third-order valence-electron chi connectivity index (χ3n) is 4.03. The van der Waals surface area contributed by atoms with Crippen LogP contribution in [-0.2, 0) is 13.6 Å². The summed E-state index contributed by atoms with van der Waals surface area (Å²) in [6.07, 6.45) is 0. The van der Waals surface area contributed by atoms with Crippen molar-refractivity contribution in [3.63, 3.8) is 0 Å². The second-order valence-electron chi connectivity index (χ2n) is 5.74. The number of carbonyl (C=O) groups excluding carboxylic acids is 1. The number of rotatable bonds is 4. The highest BCUT2D eigenvalue weighted by Gasteiger charge is 2.17. The Kier molecular flexibility index (Phi) is 4.70. The maximum atomic E-state index is 12.5. The van der Waals surface area contributed by atoms with Gasteiger partial charge in [0.2, 0.25) is 0 Å². The molecule has 25 heavy (non-hydrogen) atoms. The Morgan fingerprint density at radius 3 is 2.24 bits per heavy atom. The highest BCUT2D eigenvalue weighted by atomic mass is 16.2. The molecule has 0 aliphatic heterocycles. The molecule has 0 radical (unpaired) electrons. The van der Waals surface area contributed by atoms with Crippen molar-refractivity contribution in [3.8, 4) is 5.69 Å². The minimum atomic E-state index is -0.354. The minimum Gasteiger partial charge on any atom is -0.334 e. The van der Waals surface area contributed by atoms with Crippen LogP contribution in [0, 0.1) is 6.92 Å². The highest BCUT2D eigenvalue weighted by Crippen LogP contribution is 2.16.